The molecule has 4 heteroatoms. The average Bonchev–Trinajstić information content (AvgIpc) is 2.49. The van der Waals surface area contributed by atoms with E-state index in [0.717, 1.165) is 25.2 Å². The molecule has 1 heterocycles. The fraction of sp³-hybridized carbons (Fsp3) is 0.562. The van der Waals surface area contributed by atoms with Crippen LogP contribution in [-0.2, 0) is 10.3 Å². The summed E-state index contributed by atoms with van der Waals surface area (Å²) in [4.78, 5) is 14.7. The maximum atomic E-state index is 12.3. The van der Waals surface area contributed by atoms with E-state index < -0.39 is 5.54 Å². The van der Waals surface area contributed by atoms with Crippen molar-refractivity contribution in [3.63, 3.8) is 0 Å². The summed E-state index contributed by atoms with van der Waals surface area (Å²) in [6, 6.07) is 9.52. The second-order valence-corrected chi connectivity index (χ2v) is 5.73. The first kappa shape index (κ1) is 15.0. The van der Waals surface area contributed by atoms with Crippen molar-refractivity contribution in [1.29, 1.82) is 0 Å². The molecule has 1 aliphatic heterocycles. The Labute approximate surface area is 121 Å². The van der Waals surface area contributed by atoms with Gasteiger partial charge in [-0.05, 0) is 38.4 Å². The van der Waals surface area contributed by atoms with Gasteiger partial charge >= 0.3 is 0 Å². The lowest BCUT2D eigenvalue weighted by Crippen LogP contribution is -2.50. The van der Waals surface area contributed by atoms with Gasteiger partial charge in [-0.25, -0.2) is 0 Å². The maximum absolute atomic E-state index is 12.3. The van der Waals surface area contributed by atoms with Crippen LogP contribution in [0.5, 0.6) is 0 Å². The van der Waals surface area contributed by atoms with Gasteiger partial charge in [-0.2, -0.15) is 0 Å². The fourth-order valence-electron chi connectivity index (χ4n) is 2.61. The predicted molar refractivity (Wildman–Crippen MR) is 81.3 cm³/mol. The van der Waals surface area contributed by atoms with E-state index in [0.29, 0.717) is 6.54 Å². The molecule has 3 N–H and O–H groups in total. The standard InChI is InChI=1S/C16H25N3O/c1-16(17,14-8-4-2-5-9-14)15(20)18-10-13-19-11-6-3-7-12-19/h2,4-5,8-9H,3,6-7,10-13,17H2,1H3,(H,18,20). The van der Waals surface area contributed by atoms with E-state index in [-0.39, 0.29) is 5.91 Å². The zero-order valence-corrected chi connectivity index (χ0v) is 12.3. The molecule has 1 unspecified atom stereocenters. The van der Waals surface area contributed by atoms with Crippen LogP contribution in [0.15, 0.2) is 30.3 Å². The quantitative estimate of drug-likeness (QED) is 0.855. The van der Waals surface area contributed by atoms with E-state index in [1.54, 1.807) is 6.92 Å². The Hall–Kier alpha value is -1.39. The van der Waals surface area contributed by atoms with Gasteiger partial charge in [0.1, 0.15) is 5.54 Å². The number of rotatable bonds is 5. The highest BCUT2D eigenvalue weighted by molar-refractivity contribution is 5.86. The van der Waals surface area contributed by atoms with Crippen LogP contribution in [0.1, 0.15) is 31.7 Å². The monoisotopic (exact) mass is 275 g/mol. The average molecular weight is 275 g/mol. The van der Waals surface area contributed by atoms with Crippen LogP contribution in [0.3, 0.4) is 0 Å². The zero-order chi connectivity index (χ0) is 14.4. The van der Waals surface area contributed by atoms with Crippen LogP contribution < -0.4 is 11.1 Å². The summed E-state index contributed by atoms with van der Waals surface area (Å²) in [5, 5.41) is 2.96. The molecule has 0 spiro atoms. The van der Waals surface area contributed by atoms with E-state index in [9.17, 15) is 4.79 Å². The second-order valence-electron chi connectivity index (χ2n) is 5.73. The molecule has 2 rings (SSSR count). The molecule has 1 aromatic carbocycles. The highest BCUT2D eigenvalue weighted by Gasteiger charge is 2.29. The molecular formula is C16H25N3O. The van der Waals surface area contributed by atoms with E-state index in [1.807, 2.05) is 30.3 Å². The van der Waals surface area contributed by atoms with Crippen molar-refractivity contribution < 1.29 is 4.79 Å². The highest BCUT2D eigenvalue weighted by Crippen LogP contribution is 2.17. The molecule has 1 saturated heterocycles. The largest absolute Gasteiger partial charge is 0.353 e. The third-order valence-corrected chi connectivity index (χ3v) is 4.01. The fourth-order valence-corrected chi connectivity index (χ4v) is 2.61. The van der Waals surface area contributed by atoms with Crippen LogP contribution in [-0.4, -0.2) is 37.0 Å². The summed E-state index contributed by atoms with van der Waals surface area (Å²) < 4.78 is 0. The molecule has 1 amide bonds. The maximum Gasteiger partial charge on any atom is 0.244 e. The SMILES string of the molecule is CC(N)(C(=O)NCCN1CCCCC1)c1ccccc1. The number of benzene rings is 1. The Bertz CT molecular complexity index is 425. The van der Waals surface area contributed by atoms with Gasteiger partial charge in [0.25, 0.3) is 0 Å². The van der Waals surface area contributed by atoms with Crippen molar-refractivity contribution in [2.45, 2.75) is 31.7 Å². The Kier molecular flexibility index (Phi) is 5.15. The lowest BCUT2D eigenvalue weighted by Gasteiger charge is -2.28. The number of hydrogen-bond donors (Lipinski definition) is 2. The van der Waals surface area contributed by atoms with E-state index in [2.05, 4.69) is 10.2 Å². The third kappa shape index (κ3) is 3.81. The molecule has 1 aromatic rings. The van der Waals surface area contributed by atoms with Crippen LogP contribution in [0, 0.1) is 0 Å². The van der Waals surface area contributed by atoms with Crippen molar-refractivity contribution in [1.82, 2.24) is 10.2 Å². The zero-order valence-electron chi connectivity index (χ0n) is 12.3. The Balaban J connectivity index is 1.81. The van der Waals surface area contributed by atoms with Crippen molar-refractivity contribution in [2.24, 2.45) is 5.73 Å². The van der Waals surface area contributed by atoms with Crippen molar-refractivity contribution in [3.05, 3.63) is 35.9 Å². The first-order valence-corrected chi connectivity index (χ1v) is 7.46. The first-order chi connectivity index (χ1) is 9.60. The summed E-state index contributed by atoms with van der Waals surface area (Å²) in [5.74, 6) is -0.110. The Morgan fingerprint density at radius 1 is 1.25 bits per heavy atom. The Morgan fingerprint density at radius 2 is 1.90 bits per heavy atom. The molecule has 4 nitrogen and oxygen atoms in total. The van der Waals surface area contributed by atoms with Gasteiger partial charge in [0.05, 0.1) is 0 Å². The number of amides is 1. The van der Waals surface area contributed by atoms with Gasteiger partial charge in [-0.1, -0.05) is 36.8 Å². The van der Waals surface area contributed by atoms with Gasteiger partial charge in [-0.3, -0.25) is 4.79 Å². The highest BCUT2D eigenvalue weighted by atomic mass is 16.2. The van der Waals surface area contributed by atoms with Crippen LogP contribution in [0.2, 0.25) is 0 Å². The minimum atomic E-state index is -0.969. The van der Waals surface area contributed by atoms with Crippen molar-refractivity contribution >= 4 is 5.91 Å². The normalized spacial score (nSPS) is 19.3. The number of nitrogens with one attached hydrogen (secondary N) is 1. The van der Waals surface area contributed by atoms with Gasteiger partial charge in [0.15, 0.2) is 0 Å². The van der Waals surface area contributed by atoms with Crippen LogP contribution in [0.4, 0.5) is 0 Å². The Morgan fingerprint density at radius 3 is 2.55 bits per heavy atom. The molecule has 0 radical (unpaired) electrons. The summed E-state index contributed by atoms with van der Waals surface area (Å²) in [6.07, 6.45) is 3.87. The molecule has 110 valence electrons. The minimum Gasteiger partial charge on any atom is -0.353 e. The van der Waals surface area contributed by atoms with Gasteiger partial charge in [0.2, 0.25) is 5.91 Å². The molecule has 0 bridgehead atoms. The molecule has 1 fully saturated rings. The number of hydrogen-bond acceptors (Lipinski definition) is 3. The van der Waals surface area contributed by atoms with Crippen molar-refractivity contribution in [2.75, 3.05) is 26.2 Å². The smallest absolute Gasteiger partial charge is 0.244 e. The summed E-state index contributed by atoms with van der Waals surface area (Å²) in [5.41, 5.74) is 6.05. The van der Waals surface area contributed by atoms with E-state index in [4.69, 9.17) is 5.73 Å². The van der Waals surface area contributed by atoms with E-state index in [1.165, 1.54) is 19.3 Å². The number of nitrogens with two attached hydrogens (primary N) is 1. The topological polar surface area (TPSA) is 58.4 Å². The lowest BCUT2D eigenvalue weighted by molar-refractivity contribution is -0.126. The van der Waals surface area contributed by atoms with E-state index >= 15 is 0 Å². The lowest BCUT2D eigenvalue weighted by atomic mass is 9.92. The predicted octanol–water partition coefficient (Wildman–Crippen LogP) is 1.46. The molecule has 0 aliphatic carbocycles. The number of carbonyl (C=O) groups is 1. The van der Waals surface area contributed by atoms with Crippen LogP contribution in [0.25, 0.3) is 0 Å². The summed E-state index contributed by atoms with van der Waals surface area (Å²) in [7, 11) is 0. The molecule has 1 aliphatic rings. The van der Waals surface area contributed by atoms with Gasteiger partial charge < -0.3 is 16.0 Å². The number of carbonyl (C=O) groups excluding carboxylic acids is 1. The first-order valence-electron chi connectivity index (χ1n) is 7.46. The van der Waals surface area contributed by atoms with Crippen molar-refractivity contribution in [3.8, 4) is 0 Å². The number of nitrogens with zero attached hydrogens (tertiary/aromatic N) is 1. The van der Waals surface area contributed by atoms with Crippen LogP contribution >= 0.6 is 0 Å². The molecular weight excluding hydrogens is 250 g/mol. The molecule has 0 aromatic heterocycles. The van der Waals surface area contributed by atoms with Gasteiger partial charge in [0, 0.05) is 13.1 Å². The number of likely N-dealkylation sites (tertiary alicyclic amines) is 1. The summed E-state index contributed by atoms with van der Waals surface area (Å²) >= 11 is 0. The summed E-state index contributed by atoms with van der Waals surface area (Å²) in [6.45, 7) is 5.64. The van der Waals surface area contributed by atoms with Gasteiger partial charge in [-0.15, -0.1) is 0 Å². The molecule has 20 heavy (non-hydrogen) atoms. The molecule has 1 atom stereocenters. The number of piperidine rings is 1. The minimum absolute atomic E-state index is 0.110. The third-order valence-electron chi connectivity index (χ3n) is 4.01. The second kappa shape index (κ2) is 6.86. The molecule has 0 saturated carbocycles.